The third-order valence-corrected chi connectivity index (χ3v) is 5.10. The molecule has 30 heavy (non-hydrogen) atoms. The summed E-state index contributed by atoms with van der Waals surface area (Å²) in [5.41, 5.74) is 3.36. The highest BCUT2D eigenvalue weighted by atomic mass is 16.5. The van der Waals surface area contributed by atoms with Gasteiger partial charge in [0.25, 0.3) is 5.91 Å². The summed E-state index contributed by atoms with van der Waals surface area (Å²) in [5, 5.41) is 2.93. The number of benzene rings is 2. The minimum absolute atomic E-state index is 0.102. The first-order chi connectivity index (χ1) is 14.5. The molecule has 0 saturated carbocycles. The molecule has 2 aromatic rings. The van der Waals surface area contributed by atoms with E-state index >= 15 is 0 Å². The van der Waals surface area contributed by atoms with Gasteiger partial charge in [0.2, 0.25) is 5.91 Å². The second-order valence-corrected chi connectivity index (χ2v) is 7.51. The summed E-state index contributed by atoms with van der Waals surface area (Å²) in [6.45, 7) is 8.92. The number of amides is 2. The van der Waals surface area contributed by atoms with Crippen molar-refractivity contribution in [1.82, 2.24) is 10.2 Å². The lowest BCUT2D eigenvalue weighted by Gasteiger charge is -2.30. The Balaban J connectivity index is 2.15. The number of carbonyl (C=O) groups excluding carboxylic acids is 2. The fourth-order valence-corrected chi connectivity index (χ4v) is 3.23. The largest absolute Gasteiger partial charge is 0.484 e. The van der Waals surface area contributed by atoms with E-state index in [9.17, 15) is 9.59 Å². The number of rotatable bonds is 11. The third kappa shape index (κ3) is 6.90. The van der Waals surface area contributed by atoms with Crippen LogP contribution in [0.4, 0.5) is 0 Å². The molecule has 0 aromatic heterocycles. The van der Waals surface area contributed by atoms with Crippen molar-refractivity contribution in [2.45, 2.75) is 59.5 Å². The van der Waals surface area contributed by atoms with Gasteiger partial charge in [-0.15, -0.1) is 0 Å². The van der Waals surface area contributed by atoms with Crippen LogP contribution < -0.4 is 10.1 Å². The molecule has 2 amide bonds. The summed E-state index contributed by atoms with van der Waals surface area (Å²) in [6, 6.07) is 15.2. The Bertz CT molecular complexity index is 800. The topological polar surface area (TPSA) is 58.6 Å². The van der Waals surface area contributed by atoms with Crippen molar-refractivity contribution in [3.05, 3.63) is 65.2 Å². The van der Waals surface area contributed by atoms with Crippen LogP contribution in [0, 0.1) is 6.92 Å². The zero-order valence-corrected chi connectivity index (χ0v) is 18.6. The summed E-state index contributed by atoms with van der Waals surface area (Å²) in [4.78, 5) is 27.5. The van der Waals surface area contributed by atoms with Gasteiger partial charge in [-0.05, 0) is 49.4 Å². The van der Waals surface area contributed by atoms with Crippen molar-refractivity contribution >= 4 is 11.8 Å². The Kier molecular flexibility index (Phi) is 9.39. The fraction of sp³-hybridized carbons (Fsp3) is 0.440. The number of ether oxygens (including phenoxy) is 1. The van der Waals surface area contributed by atoms with Crippen molar-refractivity contribution in [3.63, 3.8) is 0 Å². The Morgan fingerprint density at radius 3 is 2.17 bits per heavy atom. The third-order valence-electron chi connectivity index (χ3n) is 5.10. The highest BCUT2D eigenvalue weighted by molar-refractivity contribution is 5.88. The molecular weight excluding hydrogens is 376 g/mol. The first-order valence-corrected chi connectivity index (χ1v) is 10.8. The lowest BCUT2D eigenvalue weighted by Crippen LogP contribution is -2.50. The molecule has 0 bridgehead atoms. The second-order valence-electron chi connectivity index (χ2n) is 7.51. The Labute approximate surface area is 180 Å². The zero-order valence-electron chi connectivity index (χ0n) is 18.6. The summed E-state index contributed by atoms with van der Waals surface area (Å²) < 4.78 is 5.74. The van der Waals surface area contributed by atoms with E-state index in [-0.39, 0.29) is 18.4 Å². The van der Waals surface area contributed by atoms with Gasteiger partial charge in [0.1, 0.15) is 11.8 Å². The van der Waals surface area contributed by atoms with Gasteiger partial charge >= 0.3 is 0 Å². The van der Waals surface area contributed by atoms with E-state index in [0.29, 0.717) is 25.3 Å². The van der Waals surface area contributed by atoms with Crippen LogP contribution in [0.25, 0.3) is 0 Å². The highest BCUT2D eigenvalue weighted by Crippen LogP contribution is 2.16. The van der Waals surface area contributed by atoms with E-state index in [4.69, 9.17) is 4.74 Å². The molecule has 162 valence electrons. The molecule has 2 aromatic carbocycles. The maximum absolute atomic E-state index is 13.1. The quantitative estimate of drug-likeness (QED) is 0.602. The van der Waals surface area contributed by atoms with Gasteiger partial charge < -0.3 is 15.0 Å². The molecule has 5 nitrogen and oxygen atoms in total. The van der Waals surface area contributed by atoms with Gasteiger partial charge in [0, 0.05) is 13.1 Å². The number of nitrogens with one attached hydrogen (secondary N) is 1. The SMILES string of the molecule is CCCNC(=O)C(CC)N(Cc1ccc(C)cc1)C(=O)COc1ccc(CC)cc1. The maximum Gasteiger partial charge on any atom is 0.261 e. The molecule has 0 fully saturated rings. The lowest BCUT2D eigenvalue weighted by atomic mass is 10.1. The van der Waals surface area contributed by atoms with Crippen LogP contribution in [-0.4, -0.2) is 35.9 Å². The van der Waals surface area contributed by atoms with E-state index in [2.05, 4.69) is 12.2 Å². The predicted molar refractivity (Wildman–Crippen MR) is 120 cm³/mol. The first kappa shape index (κ1) is 23.5. The monoisotopic (exact) mass is 410 g/mol. The first-order valence-electron chi connectivity index (χ1n) is 10.8. The lowest BCUT2D eigenvalue weighted by molar-refractivity contribution is -0.143. The number of hydrogen-bond acceptors (Lipinski definition) is 3. The van der Waals surface area contributed by atoms with Crippen LogP contribution in [0.2, 0.25) is 0 Å². The standard InChI is InChI=1S/C25H34N2O3/c1-5-16-26-25(29)23(7-3)27(17-21-10-8-19(4)9-11-21)24(28)18-30-22-14-12-20(6-2)13-15-22/h8-15,23H,5-7,16-18H2,1-4H3,(H,26,29). The minimum atomic E-state index is -0.531. The molecular formula is C25H34N2O3. The molecule has 0 saturated heterocycles. The summed E-state index contributed by atoms with van der Waals surface area (Å²) >= 11 is 0. The van der Waals surface area contributed by atoms with Crippen LogP contribution in [0.15, 0.2) is 48.5 Å². The van der Waals surface area contributed by atoms with Crippen molar-refractivity contribution in [2.75, 3.05) is 13.2 Å². The van der Waals surface area contributed by atoms with Crippen molar-refractivity contribution in [3.8, 4) is 5.75 Å². The van der Waals surface area contributed by atoms with Gasteiger partial charge in [0.05, 0.1) is 0 Å². The van der Waals surface area contributed by atoms with E-state index < -0.39 is 6.04 Å². The Morgan fingerprint density at radius 1 is 0.967 bits per heavy atom. The average Bonchev–Trinajstić information content (AvgIpc) is 2.77. The van der Waals surface area contributed by atoms with E-state index in [1.807, 2.05) is 69.3 Å². The van der Waals surface area contributed by atoms with Crippen LogP contribution in [0.3, 0.4) is 0 Å². The average molecular weight is 411 g/mol. The number of aryl methyl sites for hydroxylation is 2. The summed E-state index contributed by atoms with van der Waals surface area (Å²) in [6.07, 6.45) is 2.35. The molecule has 0 spiro atoms. The van der Waals surface area contributed by atoms with Crippen LogP contribution in [-0.2, 0) is 22.6 Å². The Morgan fingerprint density at radius 2 is 1.60 bits per heavy atom. The second kappa shape index (κ2) is 12.0. The van der Waals surface area contributed by atoms with E-state index in [1.165, 1.54) is 5.56 Å². The summed E-state index contributed by atoms with van der Waals surface area (Å²) in [7, 11) is 0. The van der Waals surface area contributed by atoms with E-state index in [1.54, 1.807) is 4.90 Å². The number of hydrogen-bond donors (Lipinski definition) is 1. The highest BCUT2D eigenvalue weighted by Gasteiger charge is 2.28. The van der Waals surface area contributed by atoms with Crippen LogP contribution in [0.1, 0.15) is 50.3 Å². The number of nitrogens with zero attached hydrogens (tertiary/aromatic N) is 1. The number of carbonyl (C=O) groups is 2. The van der Waals surface area contributed by atoms with Crippen LogP contribution in [0.5, 0.6) is 5.75 Å². The van der Waals surface area contributed by atoms with Gasteiger partial charge in [-0.1, -0.05) is 62.7 Å². The molecule has 1 N–H and O–H groups in total. The predicted octanol–water partition coefficient (Wildman–Crippen LogP) is 4.27. The van der Waals surface area contributed by atoms with Gasteiger partial charge in [-0.2, -0.15) is 0 Å². The zero-order chi connectivity index (χ0) is 21.9. The van der Waals surface area contributed by atoms with E-state index in [0.717, 1.165) is 24.0 Å². The molecule has 5 heteroatoms. The molecule has 1 unspecified atom stereocenters. The minimum Gasteiger partial charge on any atom is -0.484 e. The van der Waals surface area contributed by atoms with Crippen molar-refractivity contribution < 1.29 is 14.3 Å². The molecule has 2 rings (SSSR count). The summed E-state index contributed by atoms with van der Waals surface area (Å²) in [5.74, 6) is 0.333. The van der Waals surface area contributed by atoms with Gasteiger partial charge in [-0.25, -0.2) is 0 Å². The van der Waals surface area contributed by atoms with Crippen molar-refractivity contribution in [2.24, 2.45) is 0 Å². The fourth-order valence-electron chi connectivity index (χ4n) is 3.23. The smallest absolute Gasteiger partial charge is 0.261 e. The molecule has 0 aliphatic carbocycles. The Hall–Kier alpha value is -2.82. The molecule has 1 atom stereocenters. The maximum atomic E-state index is 13.1. The molecule has 0 aliphatic rings. The normalized spacial score (nSPS) is 11.6. The molecule has 0 aliphatic heterocycles. The molecule has 0 radical (unpaired) electrons. The van der Waals surface area contributed by atoms with Crippen LogP contribution >= 0.6 is 0 Å². The van der Waals surface area contributed by atoms with Gasteiger partial charge in [0.15, 0.2) is 6.61 Å². The molecule has 0 heterocycles. The van der Waals surface area contributed by atoms with Crippen molar-refractivity contribution in [1.29, 1.82) is 0 Å². The van der Waals surface area contributed by atoms with Gasteiger partial charge in [-0.3, -0.25) is 9.59 Å².